The molecule has 0 bridgehead atoms. The molecule has 2 N–H and O–H groups in total. The summed E-state index contributed by atoms with van der Waals surface area (Å²) in [6.07, 6.45) is 1.39. The Morgan fingerprint density at radius 2 is 2.21 bits per heavy atom. The number of piperazine rings is 1. The Kier molecular flexibility index (Phi) is 1.90. The predicted octanol–water partition coefficient (Wildman–Crippen LogP) is -1.44. The molecule has 2 rings (SSSR count). The summed E-state index contributed by atoms with van der Waals surface area (Å²) < 4.78 is 0. The standard InChI is InChI=1S/C8H10N2O4/c11-6-4-2-1-3-10(4)7(12)5(9-6)8(13)14/h4-5H,1-3H2,(H,9,11)(H,13,14)/t4-,5?/m0/s1. The Hall–Kier alpha value is -1.59. The minimum atomic E-state index is -1.39. The number of carbonyl (C=O) groups excluding carboxylic acids is 2. The first-order chi connectivity index (χ1) is 6.61. The highest BCUT2D eigenvalue weighted by molar-refractivity contribution is 6.08. The van der Waals surface area contributed by atoms with E-state index in [1.54, 1.807) is 0 Å². The van der Waals surface area contributed by atoms with Gasteiger partial charge in [-0.2, -0.15) is 0 Å². The van der Waals surface area contributed by atoms with Crippen molar-refractivity contribution in [3.05, 3.63) is 0 Å². The summed E-state index contributed by atoms with van der Waals surface area (Å²) in [6.45, 7) is 0.487. The molecular weight excluding hydrogens is 188 g/mol. The Bertz CT molecular complexity index is 314. The van der Waals surface area contributed by atoms with E-state index in [1.807, 2.05) is 0 Å². The molecule has 0 aromatic heterocycles. The molecule has 14 heavy (non-hydrogen) atoms. The van der Waals surface area contributed by atoms with Gasteiger partial charge in [0.2, 0.25) is 11.9 Å². The fraction of sp³-hybridized carbons (Fsp3) is 0.625. The largest absolute Gasteiger partial charge is 0.479 e. The molecule has 6 nitrogen and oxygen atoms in total. The first-order valence-electron chi connectivity index (χ1n) is 4.45. The fourth-order valence-electron chi connectivity index (χ4n) is 1.94. The third kappa shape index (κ3) is 1.14. The lowest BCUT2D eigenvalue weighted by Crippen LogP contribution is -2.63. The third-order valence-electron chi connectivity index (χ3n) is 2.62. The summed E-state index contributed by atoms with van der Waals surface area (Å²) in [6, 6.07) is -1.84. The molecule has 0 aromatic carbocycles. The molecule has 2 aliphatic rings. The summed E-state index contributed by atoms with van der Waals surface area (Å²) in [5.41, 5.74) is 0. The van der Waals surface area contributed by atoms with Gasteiger partial charge in [0, 0.05) is 6.54 Å². The average Bonchev–Trinajstić information content (AvgIpc) is 2.59. The summed E-state index contributed by atoms with van der Waals surface area (Å²) in [5, 5.41) is 10.9. The molecule has 2 saturated heterocycles. The lowest BCUT2D eigenvalue weighted by Gasteiger charge is -2.32. The number of fused-ring (bicyclic) bond motifs is 1. The molecule has 0 radical (unpaired) electrons. The van der Waals surface area contributed by atoms with Crippen LogP contribution in [0.25, 0.3) is 0 Å². The van der Waals surface area contributed by atoms with Crippen molar-refractivity contribution in [2.24, 2.45) is 0 Å². The average molecular weight is 198 g/mol. The Labute approximate surface area is 79.9 Å². The minimum absolute atomic E-state index is 0.352. The van der Waals surface area contributed by atoms with Crippen LogP contribution < -0.4 is 5.32 Å². The van der Waals surface area contributed by atoms with Gasteiger partial charge in [0.25, 0.3) is 5.91 Å². The second-order valence-corrected chi connectivity index (χ2v) is 3.47. The molecule has 6 heteroatoms. The number of nitrogens with zero attached hydrogens (tertiary/aromatic N) is 1. The van der Waals surface area contributed by atoms with Gasteiger partial charge in [-0.05, 0) is 12.8 Å². The first kappa shape index (κ1) is 8.98. The number of carboxylic acids is 1. The van der Waals surface area contributed by atoms with Crippen molar-refractivity contribution in [1.29, 1.82) is 0 Å². The van der Waals surface area contributed by atoms with Gasteiger partial charge in [0.05, 0.1) is 0 Å². The SMILES string of the molecule is O=C(O)C1NC(=O)[C@@H]2CCCN2C1=O. The van der Waals surface area contributed by atoms with Crippen molar-refractivity contribution in [3.8, 4) is 0 Å². The van der Waals surface area contributed by atoms with Gasteiger partial charge in [-0.15, -0.1) is 0 Å². The summed E-state index contributed by atoms with van der Waals surface area (Å²) in [4.78, 5) is 34.9. The zero-order valence-corrected chi connectivity index (χ0v) is 7.40. The molecule has 0 aliphatic carbocycles. The van der Waals surface area contributed by atoms with Gasteiger partial charge >= 0.3 is 5.97 Å². The van der Waals surface area contributed by atoms with Crippen LogP contribution in [0.3, 0.4) is 0 Å². The Morgan fingerprint density at radius 1 is 1.50 bits per heavy atom. The summed E-state index contributed by atoms with van der Waals surface area (Å²) >= 11 is 0. The highest BCUT2D eigenvalue weighted by atomic mass is 16.4. The van der Waals surface area contributed by atoms with E-state index in [0.29, 0.717) is 13.0 Å². The van der Waals surface area contributed by atoms with Crippen LogP contribution in [0.2, 0.25) is 0 Å². The van der Waals surface area contributed by atoms with Gasteiger partial charge < -0.3 is 15.3 Å². The zero-order chi connectivity index (χ0) is 10.3. The number of amides is 2. The lowest BCUT2D eigenvalue weighted by molar-refractivity contribution is -0.156. The number of hydrogen-bond acceptors (Lipinski definition) is 3. The molecule has 76 valence electrons. The van der Waals surface area contributed by atoms with Crippen molar-refractivity contribution < 1.29 is 19.5 Å². The second-order valence-electron chi connectivity index (χ2n) is 3.47. The Balaban J connectivity index is 2.24. The number of aliphatic carboxylic acids is 1. The smallest absolute Gasteiger partial charge is 0.336 e. The molecule has 2 aliphatic heterocycles. The molecule has 2 fully saturated rings. The van der Waals surface area contributed by atoms with Crippen LogP contribution in [-0.4, -0.2) is 46.4 Å². The molecule has 0 spiro atoms. The Morgan fingerprint density at radius 3 is 2.86 bits per heavy atom. The van der Waals surface area contributed by atoms with Crippen LogP contribution in [0, 0.1) is 0 Å². The van der Waals surface area contributed by atoms with E-state index in [0.717, 1.165) is 6.42 Å². The molecule has 2 atom stereocenters. The van der Waals surface area contributed by atoms with E-state index in [9.17, 15) is 14.4 Å². The number of carboxylic acid groups (broad SMARTS) is 1. The van der Waals surface area contributed by atoms with Gasteiger partial charge in [-0.1, -0.05) is 0 Å². The number of carbonyl (C=O) groups is 3. The predicted molar refractivity (Wildman–Crippen MR) is 44.3 cm³/mol. The third-order valence-corrected chi connectivity index (χ3v) is 2.62. The van der Waals surface area contributed by atoms with E-state index in [4.69, 9.17) is 5.11 Å². The van der Waals surface area contributed by atoms with Gasteiger partial charge in [-0.3, -0.25) is 9.59 Å². The van der Waals surface area contributed by atoms with Crippen molar-refractivity contribution in [3.63, 3.8) is 0 Å². The molecule has 1 unspecified atom stereocenters. The maximum absolute atomic E-state index is 11.5. The van der Waals surface area contributed by atoms with E-state index < -0.39 is 24.0 Å². The van der Waals surface area contributed by atoms with Gasteiger partial charge in [-0.25, -0.2) is 4.79 Å². The molecule has 0 aromatic rings. The first-order valence-corrected chi connectivity index (χ1v) is 4.45. The van der Waals surface area contributed by atoms with Crippen LogP contribution in [0.15, 0.2) is 0 Å². The van der Waals surface area contributed by atoms with E-state index >= 15 is 0 Å². The summed E-state index contributed by atoms with van der Waals surface area (Å²) in [7, 11) is 0. The lowest BCUT2D eigenvalue weighted by atomic mass is 10.1. The van der Waals surface area contributed by atoms with Crippen LogP contribution in [-0.2, 0) is 14.4 Å². The number of hydrogen-bond donors (Lipinski definition) is 2. The van der Waals surface area contributed by atoms with E-state index in [-0.39, 0.29) is 5.91 Å². The van der Waals surface area contributed by atoms with Crippen LogP contribution >= 0.6 is 0 Å². The molecule has 0 saturated carbocycles. The van der Waals surface area contributed by atoms with Gasteiger partial charge in [0.1, 0.15) is 6.04 Å². The quantitative estimate of drug-likeness (QED) is 0.505. The topological polar surface area (TPSA) is 86.7 Å². The maximum Gasteiger partial charge on any atom is 0.336 e. The van der Waals surface area contributed by atoms with Crippen LogP contribution in [0.5, 0.6) is 0 Å². The van der Waals surface area contributed by atoms with Gasteiger partial charge in [0.15, 0.2) is 0 Å². The highest BCUT2D eigenvalue weighted by Gasteiger charge is 2.45. The summed E-state index contributed by atoms with van der Waals surface area (Å²) in [5.74, 6) is -2.15. The van der Waals surface area contributed by atoms with Crippen molar-refractivity contribution in [1.82, 2.24) is 10.2 Å². The minimum Gasteiger partial charge on any atom is -0.479 e. The number of nitrogens with one attached hydrogen (secondary N) is 1. The van der Waals surface area contributed by atoms with Crippen molar-refractivity contribution >= 4 is 17.8 Å². The molecular formula is C8H10N2O4. The number of rotatable bonds is 1. The zero-order valence-electron chi connectivity index (χ0n) is 7.40. The monoisotopic (exact) mass is 198 g/mol. The highest BCUT2D eigenvalue weighted by Crippen LogP contribution is 2.21. The van der Waals surface area contributed by atoms with Crippen molar-refractivity contribution in [2.75, 3.05) is 6.54 Å². The molecule has 2 heterocycles. The van der Waals surface area contributed by atoms with Crippen molar-refractivity contribution in [2.45, 2.75) is 24.9 Å². The van der Waals surface area contributed by atoms with Crippen LogP contribution in [0.4, 0.5) is 0 Å². The van der Waals surface area contributed by atoms with E-state index in [2.05, 4.69) is 5.32 Å². The normalized spacial score (nSPS) is 31.3. The second kappa shape index (κ2) is 2.97. The molecule has 2 amide bonds. The maximum atomic E-state index is 11.5. The fourth-order valence-corrected chi connectivity index (χ4v) is 1.94. The van der Waals surface area contributed by atoms with Crippen LogP contribution in [0.1, 0.15) is 12.8 Å². The van der Waals surface area contributed by atoms with E-state index in [1.165, 1.54) is 4.90 Å².